The van der Waals surface area contributed by atoms with Crippen molar-refractivity contribution < 1.29 is 4.39 Å². The van der Waals surface area contributed by atoms with E-state index in [0.717, 1.165) is 16.6 Å². The Morgan fingerprint density at radius 2 is 2.00 bits per heavy atom. The first-order chi connectivity index (χ1) is 9.60. The highest BCUT2D eigenvalue weighted by atomic mass is 35.5. The quantitative estimate of drug-likeness (QED) is 0.618. The summed E-state index contributed by atoms with van der Waals surface area (Å²) in [6.07, 6.45) is 0. The largest absolute Gasteiger partial charge is 0.294 e. The maximum Gasteiger partial charge on any atom is 0.129 e. The van der Waals surface area contributed by atoms with Crippen molar-refractivity contribution in [1.82, 2.24) is 9.55 Å². The number of halogens is 3. The number of alkyl halides is 1. The first kappa shape index (κ1) is 13.4. The van der Waals surface area contributed by atoms with E-state index in [2.05, 4.69) is 4.98 Å². The third-order valence-electron chi connectivity index (χ3n) is 3.15. The van der Waals surface area contributed by atoms with Gasteiger partial charge in [-0.2, -0.15) is 0 Å². The van der Waals surface area contributed by atoms with E-state index in [4.69, 9.17) is 23.2 Å². The molecule has 20 heavy (non-hydrogen) atoms. The maximum atomic E-state index is 13.2. The highest BCUT2D eigenvalue weighted by molar-refractivity contribution is 6.32. The lowest BCUT2D eigenvalue weighted by Gasteiger charge is -2.10. The number of aromatic nitrogens is 2. The van der Waals surface area contributed by atoms with Gasteiger partial charge in [0.25, 0.3) is 0 Å². The average molecular weight is 309 g/mol. The van der Waals surface area contributed by atoms with Crippen LogP contribution in [0.5, 0.6) is 0 Å². The number of hydrogen-bond acceptors (Lipinski definition) is 1. The average Bonchev–Trinajstić information content (AvgIpc) is 2.76. The van der Waals surface area contributed by atoms with Crippen LogP contribution in [-0.2, 0) is 5.88 Å². The van der Waals surface area contributed by atoms with Crippen molar-refractivity contribution in [2.24, 2.45) is 0 Å². The van der Waals surface area contributed by atoms with E-state index >= 15 is 0 Å². The molecule has 2 nitrogen and oxygen atoms in total. The fraction of sp³-hybridized carbons (Fsp3) is 0.133. The van der Waals surface area contributed by atoms with Gasteiger partial charge in [0, 0.05) is 0 Å². The van der Waals surface area contributed by atoms with Gasteiger partial charge < -0.3 is 0 Å². The Hall–Kier alpha value is -1.58. The number of imidazole rings is 1. The van der Waals surface area contributed by atoms with Gasteiger partial charge in [-0.05, 0) is 42.8 Å². The second-order valence-corrected chi connectivity index (χ2v) is 5.26. The number of benzene rings is 2. The van der Waals surface area contributed by atoms with Crippen molar-refractivity contribution in [3.63, 3.8) is 0 Å². The standard InChI is InChI=1S/C15H11Cl2FN2/c1-9-2-4-12-14(6-9)20(15(8-16)19-12)13-5-3-10(18)7-11(13)17/h2-7H,8H2,1H3. The minimum atomic E-state index is -0.369. The predicted molar refractivity (Wildman–Crippen MR) is 80.3 cm³/mol. The van der Waals surface area contributed by atoms with Crippen LogP contribution < -0.4 is 0 Å². The van der Waals surface area contributed by atoms with Crippen molar-refractivity contribution in [1.29, 1.82) is 0 Å². The van der Waals surface area contributed by atoms with Crippen LogP contribution in [0, 0.1) is 12.7 Å². The Labute approximate surface area is 125 Å². The zero-order valence-electron chi connectivity index (χ0n) is 10.7. The van der Waals surface area contributed by atoms with Gasteiger partial charge in [-0.1, -0.05) is 17.7 Å². The molecule has 0 atom stereocenters. The van der Waals surface area contributed by atoms with E-state index in [0.29, 0.717) is 16.5 Å². The molecule has 0 aliphatic rings. The van der Waals surface area contributed by atoms with E-state index in [-0.39, 0.29) is 11.7 Å². The Morgan fingerprint density at radius 3 is 2.70 bits per heavy atom. The second-order valence-electron chi connectivity index (χ2n) is 4.58. The Bertz CT molecular complexity index is 796. The molecule has 0 saturated heterocycles. The molecule has 3 rings (SSSR count). The molecule has 0 saturated carbocycles. The number of aryl methyl sites for hydroxylation is 1. The van der Waals surface area contributed by atoms with Crippen LogP contribution >= 0.6 is 23.2 Å². The van der Waals surface area contributed by atoms with Crippen molar-refractivity contribution in [2.45, 2.75) is 12.8 Å². The summed E-state index contributed by atoms with van der Waals surface area (Å²) in [5.74, 6) is 0.564. The van der Waals surface area contributed by atoms with Gasteiger partial charge in [0.2, 0.25) is 0 Å². The molecule has 1 heterocycles. The van der Waals surface area contributed by atoms with E-state index < -0.39 is 0 Å². The lowest BCUT2D eigenvalue weighted by atomic mass is 10.2. The normalized spacial score (nSPS) is 11.2. The zero-order chi connectivity index (χ0) is 14.3. The van der Waals surface area contributed by atoms with Crippen LogP contribution in [0.2, 0.25) is 5.02 Å². The maximum absolute atomic E-state index is 13.2. The molecular weight excluding hydrogens is 298 g/mol. The second kappa shape index (κ2) is 5.08. The molecule has 1 aromatic heterocycles. The van der Waals surface area contributed by atoms with Crippen molar-refractivity contribution in [2.75, 3.05) is 0 Å². The topological polar surface area (TPSA) is 17.8 Å². The fourth-order valence-electron chi connectivity index (χ4n) is 2.26. The van der Waals surface area contributed by atoms with Crippen LogP contribution in [0.1, 0.15) is 11.4 Å². The minimum Gasteiger partial charge on any atom is -0.294 e. The third kappa shape index (κ3) is 2.17. The lowest BCUT2D eigenvalue weighted by Crippen LogP contribution is -2.00. The Kier molecular flexibility index (Phi) is 3.40. The Morgan fingerprint density at radius 1 is 1.20 bits per heavy atom. The Balaban J connectivity index is 2.36. The highest BCUT2D eigenvalue weighted by Crippen LogP contribution is 2.28. The minimum absolute atomic E-state index is 0.251. The molecule has 0 bridgehead atoms. The van der Waals surface area contributed by atoms with Gasteiger partial charge in [-0.25, -0.2) is 9.37 Å². The third-order valence-corrected chi connectivity index (χ3v) is 3.69. The number of rotatable bonds is 2. The molecule has 3 aromatic rings. The first-order valence-electron chi connectivity index (χ1n) is 6.09. The molecule has 0 N–H and O–H groups in total. The predicted octanol–water partition coefficient (Wildman–Crippen LogP) is 4.87. The van der Waals surface area contributed by atoms with Gasteiger partial charge in [0.15, 0.2) is 0 Å². The number of nitrogens with zero attached hydrogens (tertiary/aromatic N) is 2. The molecule has 0 aliphatic carbocycles. The summed E-state index contributed by atoms with van der Waals surface area (Å²) in [5.41, 5.74) is 3.54. The van der Waals surface area contributed by atoms with Crippen molar-refractivity contribution >= 4 is 34.2 Å². The molecule has 0 amide bonds. The summed E-state index contributed by atoms with van der Waals surface area (Å²) in [7, 11) is 0. The smallest absolute Gasteiger partial charge is 0.129 e. The van der Waals surface area contributed by atoms with Gasteiger partial charge >= 0.3 is 0 Å². The molecule has 0 fully saturated rings. The summed E-state index contributed by atoms with van der Waals surface area (Å²) in [5, 5.41) is 0.331. The number of hydrogen-bond donors (Lipinski definition) is 0. The van der Waals surface area contributed by atoms with Gasteiger partial charge in [-0.3, -0.25) is 4.57 Å². The van der Waals surface area contributed by atoms with E-state index in [9.17, 15) is 4.39 Å². The van der Waals surface area contributed by atoms with Crippen LogP contribution in [0.25, 0.3) is 16.7 Å². The van der Waals surface area contributed by atoms with Crippen LogP contribution in [-0.4, -0.2) is 9.55 Å². The van der Waals surface area contributed by atoms with E-state index in [1.54, 1.807) is 6.07 Å². The summed E-state index contributed by atoms with van der Waals surface area (Å²) in [4.78, 5) is 4.49. The summed E-state index contributed by atoms with van der Waals surface area (Å²) in [6, 6.07) is 10.2. The molecular formula is C15H11Cl2FN2. The molecule has 2 aromatic carbocycles. The molecule has 102 valence electrons. The van der Waals surface area contributed by atoms with E-state index in [1.165, 1.54) is 12.1 Å². The number of fused-ring (bicyclic) bond motifs is 1. The highest BCUT2D eigenvalue weighted by Gasteiger charge is 2.14. The summed E-state index contributed by atoms with van der Waals surface area (Å²) >= 11 is 12.1. The monoisotopic (exact) mass is 308 g/mol. The van der Waals surface area contributed by atoms with Gasteiger partial charge in [0.05, 0.1) is 27.6 Å². The lowest BCUT2D eigenvalue weighted by molar-refractivity contribution is 0.627. The SMILES string of the molecule is Cc1ccc2nc(CCl)n(-c3ccc(F)cc3Cl)c2c1. The van der Waals surface area contributed by atoms with Crippen LogP contribution in [0.4, 0.5) is 4.39 Å². The first-order valence-corrected chi connectivity index (χ1v) is 7.01. The van der Waals surface area contributed by atoms with Crippen molar-refractivity contribution in [3.05, 3.63) is 58.6 Å². The fourth-order valence-corrected chi connectivity index (χ4v) is 2.69. The summed E-state index contributed by atoms with van der Waals surface area (Å²) < 4.78 is 15.1. The zero-order valence-corrected chi connectivity index (χ0v) is 12.2. The van der Waals surface area contributed by atoms with Gasteiger partial charge in [0.1, 0.15) is 11.6 Å². The van der Waals surface area contributed by atoms with Crippen LogP contribution in [0.15, 0.2) is 36.4 Å². The van der Waals surface area contributed by atoms with Gasteiger partial charge in [-0.15, -0.1) is 11.6 Å². The summed E-state index contributed by atoms with van der Waals surface area (Å²) in [6.45, 7) is 2.00. The molecule has 0 radical (unpaired) electrons. The molecule has 0 spiro atoms. The molecule has 5 heteroatoms. The van der Waals surface area contributed by atoms with E-state index in [1.807, 2.05) is 29.7 Å². The molecule has 0 aliphatic heterocycles. The van der Waals surface area contributed by atoms with Crippen LogP contribution in [0.3, 0.4) is 0 Å². The molecule has 0 unspecified atom stereocenters. The van der Waals surface area contributed by atoms with Crippen molar-refractivity contribution in [3.8, 4) is 5.69 Å².